The fraction of sp³-hybridized carbons (Fsp3) is 0.533. The van der Waals surface area contributed by atoms with Crippen molar-refractivity contribution in [3.05, 3.63) is 35.4 Å². The number of hydrogen-bond donors (Lipinski definition) is 1. The molecule has 0 heterocycles. The van der Waals surface area contributed by atoms with Crippen LogP contribution in [0.4, 0.5) is 0 Å². The van der Waals surface area contributed by atoms with Crippen molar-refractivity contribution in [3.8, 4) is 6.07 Å². The molecule has 3 heteroatoms. The molecule has 0 aliphatic heterocycles. The van der Waals surface area contributed by atoms with Crippen LogP contribution in [0, 0.1) is 17.2 Å². The van der Waals surface area contributed by atoms with E-state index in [0.29, 0.717) is 5.92 Å². The minimum absolute atomic E-state index is 0.262. The fourth-order valence-corrected chi connectivity index (χ4v) is 1.83. The molecule has 0 saturated carbocycles. The van der Waals surface area contributed by atoms with Gasteiger partial charge in [0, 0.05) is 12.6 Å². The van der Waals surface area contributed by atoms with E-state index in [4.69, 9.17) is 11.0 Å². The highest BCUT2D eigenvalue weighted by atomic mass is 15.1. The Kier molecular flexibility index (Phi) is 5.84. The SMILES string of the molecule is CC(C)C(N)CCN(C)Cc1cccc(C#N)c1. The Labute approximate surface area is 110 Å². The maximum atomic E-state index is 8.85. The van der Waals surface area contributed by atoms with Gasteiger partial charge in [0.15, 0.2) is 0 Å². The molecule has 98 valence electrons. The summed E-state index contributed by atoms with van der Waals surface area (Å²) < 4.78 is 0. The molecule has 1 unspecified atom stereocenters. The summed E-state index contributed by atoms with van der Waals surface area (Å²) in [5, 5.41) is 8.85. The summed E-state index contributed by atoms with van der Waals surface area (Å²) in [6.07, 6.45) is 1.01. The van der Waals surface area contributed by atoms with E-state index in [0.717, 1.165) is 25.1 Å². The highest BCUT2D eigenvalue weighted by Gasteiger charge is 2.09. The fourth-order valence-electron chi connectivity index (χ4n) is 1.83. The third kappa shape index (κ3) is 4.87. The lowest BCUT2D eigenvalue weighted by molar-refractivity contribution is 0.296. The largest absolute Gasteiger partial charge is 0.327 e. The molecule has 1 rings (SSSR count). The first-order valence-electron chi connectivity index (χ1n) is 6.46. The van der Waals surface area contributed by atoms with Gasteiger partial charge in [-0.15, -0.1) is 0 Å². The van der Waals surface area contributed by atoms with Gasteiger partial charge in [0.1, 0.15) is 0 Å². The topological polar surface area (TPSA) is 53.0 Å². The van der Waals surface area contributed by atoms with Gasteiger partial charge in [0.2, 0.25) is 0 Å². The van der Waals surface area contributed by atoms with Crippen molar-refractivity contribution < 1.29 is 0 Å². The lowest BCUT2D eigenvalue weighted by Gasteiger charge is -2.21. The van der Waals surface area contributed by atoms with E-state index in [1.165, 1.54) is 5.56 Å². The van der Waals surface area contributed by atoms with Crippen LogP contribution in [0.25, 0.3) is 0 Å². The minimum Gasteiger partial charge on any atom is -0.327 e. The second-order valence-electron chi connectivity index (χ2n) is 5.25. The Balaban J connectivity index is 2.44. The average molecular weight is 245 g/mol. The molecule has 0 fully saturated rings. The van der Waals surface area contributed by atoms with Crippen LogP contribution in [0.1, 0.15) is 31.4 Å². The van der Waals surface area contributed by atoms with Gasteiger partial charge in [0.25, 0.3) is 0 Å². The van der Waals surface area contributed by atoms with E-state index < -0.39 is 0 Å². The zero-order valence-electron chi connectivity index (χ0n) is 11.6. The number of nitriles is 1. The summed E-state index contributed by atoms with van der Waals surface area (Å²) in [5.74, 6) is 0.528. The maximum absolute atomic E-state index is 8.85. The Morgan fingerprint density at radius 2 is 2.11 bits per heavy atom. The van der Waals surface area contributed by atoms with E-state index in [1.54, 1.807) is 0 Å². The predicted octanol–water partition coefficient (Wildman–Crippen LogP) is 2.36. The maximum Gasteiger partial charge on any atom is 0.0991 e. The summed E-state index contributed by atoms with van der Waals surface area (Å²) in [7, 11) is 2.09. The van der Waals surface area contributed by atoms with Crippen molar-refractivity contribution in [2.45, 2.75) is 32.9 Å². The number of benzene rings is 1. The van der Waals surface area contributed by atoms with Crippen LogP contribution in [-0.4, -0.2) is 24.5 Å². The molecule has 0 saturated heterocycles. The number of nitrogens with zero attached hydrogens (tertiary/aromatic N) is 2. The van der Waals surface area contributed by atoms with Gasteiger partial charge in [-0.3, -0.25) is 0 Å². The molecule has 0 aliphatic carbocycles. The van der Waals surface area contributed by atoms with Crippen molar-refractivity contribution >= 4 is 0 Å². The van der Waals surface area contributed by atoms with Gasteiger partial charge in [-0.2, -0.15) is 5.26 Å². The Morgan fingerprint density at radius 3 is 2.72 bits per heavy atom. The smallest absolute Gasteiger partial charge is 0.0991 e. The van der Waals surface area contributed by atoms with Gasteiger partial charge in [-0.1, -0.05) is 26.0 Å². The van der Waals surface area contributed by atoms with E-state index >= 15 is 0 Å². The molecule has 0 bridgehead atoms. The number of rotatable bonds is 6. The first kappa shape index (κ1) is 14.7. The third-order valence-corrected chi connectivity index (χ3v) is 3.21. The minimum atomic E-state index is 0.262. The molecule has 0 aliphatic rings. The Morgan fingerprint density at radius 1 is 1.39 bits per heavy atom. The van der Waals surface area contributed by atoms with Crippen molar-refractivity contribution in [3.63, 3.8) is 0 Å². The van der Waals surface area contributed by atoms with E-state index in [9.17, 15) is 0 Å². The average Bonchev–Trinajstić information content (AvgIpc) is 2.36. The lowest BCUT2D eigenvalue weighted by atomic mass is 10.0. The summed E-state index contributed by atoms with van der Waals surface area (Å²) >= 11 is 0. The van der Waals surface area contributed by atoms with E-state index in [1.807, 2.05) is 18.2 Å². The molecule has 18 heavy (non-hydrogen) atoms. The second-order valence-corrected chi connectivity index (χ2v) is 5.25. The van der Waals surface area contributed by atoms with Crippen molar-refractivity contribution in [2.75, 3.05) is 13.6 Å². The lowest BCUT2D eigenvalue weighted by Crippen LogP contribution is -2.31. The standard InChI is InChI=1S/C15H23N3/c1-12(2)15(17)7-8-18(3)11-14-6-4-5-13(9-14)10-16/h4-6,9,12,15H,7-8,11,17H2,1-3H3. The van der Waals surface area contributed by atoms with Crippen molar-refractivity contribution in [1.29, 1.82) is 5.26 Å². The van der Waals surface area contributed by atoms with E-state index in [2.05, 4.69) is 37.9 Å². The van der Waals surface area contributed by atoms with Gasteiger partial charge >= 0.3 is 0 Å². The molecule has 1 aromatic carbocycles. The zero-order chi connectivity index (χ0) is 13.5. The summed E-state index contributed by atoms with van der Waals surface area (Å²) in [6.45, 7) is 6.15. The van der Waals surface area contributed by atoms with Crippen LogP contribution in [0.3, 0.4) is 0 Å². The molecule has 0 spiro atoms. The van der Waals surface area contributed by atoms with Crippen LogP contribution in [-0.2, 0) is 6.54 Å². The van der Waals surface area contributed by atoms with E-state index in [-0.39, 0.29) is 6.04 Å². The number of nitrogens with two attached hydrogens (primary N) is 1. The highest BCUT2D eigenvalue weighted by molar-refractivity contribution is 5.32. The first-order chi connectivity index (χ1) is 8.52. The zero-order valence-corrected chi connectivity index (χ0v) is 11.6. The van der Waals surface area contributed by atoms with Gasteiger partial charge in [-0.05, 0) is 43.6 Å². The molecule has 3 nitrogen and oxygen atoms in total. The quantitative estimate of drug-likeness (QED) is 0.837. The van der Waals surface area contributed by atoms with Crippen LogP contribution in [0.5, 0.6) is 0 Å². The second kappa shape index (κ2) is 7.15. The summed E-state index contributed by atoms with van der Waals surface area (Å²) in [6, 6.07) is 10.2. The van der Waals surface area contributed by atoms with Crippen LogP contribution >= 0.6 is 0 Å². The molecule has 0 radical (unpaired) electrons. The summed E-state index contributed by atoms with van der Waals surface area (Å²) in [5.41, 5.74) is 7.93. The van der Waals surface area contributed by atoms with Crippen LogP contribution < -0.4 is 5.73 Å². The Bertz CT molecular complexity index is 406. The molecule has 0 aromatic heterocycles. The highest BCUT2D eigenvalue weighted by Crippen LogP contribution is 2.09. The molecule has 1 aromatic rings. The van der Waals surface area contributed by atoms with Crippen LogP contribution in [0.15, 0.2) is 24.3 Å². The molecule has 2 N–H and O–H groups in total. The summed E-state index contributed by atoms with van der Waals surface area (Å²) in [4.78, 5) is 2.25. The third-order valence-electron chi connectivity index (χ3n) is 3.21. The monoisotopic (exact) mass is 245 g/mol. The molecule has 0 amide bonds. The van der Waals surface area contributed by atoms with Gasteiger partial charge in [0.05, 0.1) is 11.6 Å². The molecular weight excluding hydrogens is 222 g/mol. The first-order valence-corrected chi connectivity index (χ1v) is 6.46. The normalized spacial score (nSPS) is 12.7. The van der Waals surface area contributed by atoms with Gasteiger partial charge in [-0.25, -0.2) is 0 Å². The van der Waals surface area contributed by atoms with Crippen LogP contribution in [0.2, 0.25) is 0 Å². The predicted molar refractivity (Wildman–Crippen MR) is 74.9 cm³/mol. The molecule has 1 atom stereocenters. The van der Waals surface area contributed by atoms with Crippen molar-refractivity contribution in [1.82, 2.24) is 4.90 Å². The Hall–Kier alpha value is -1.37. The molecular formula is C15H23N3. The number of hydrogen-bond acceptors (Lipinski definition) is 3. The van der Waals surface area contributed by atoms with Crippen molar-refractivity contribution in [2.24, 2.45) is 11.7 Å². The van der Waals surface area contributed by atoms with Gasteiger partial charge < -0.3 is 10.6 Å².